The van der Waals surface area contributed by atoms with Crippen LogP contribution in [0.25, 0.3) is 0 Å². The molecule has 2 heteroatoms. The van der Waals surface area contributed by atoms with Crippen LogP contribution >= 0.6 is 11.6 Å². The van der Waals surface area contributed by atoms with E-state index in [4.69, 9.17) is 11.6 Å². The van der Waals surface area contributed by atoms with Crippen molar-refractivity contribution in [1.82, 2.24) is 5.32 Å². The van der Waals surface area contributed by atoms with Gasteiger partial charge in [-0.15, -0.1) is 0 Å². The van der Waals surface area contributed by atoms with Crippen LogP contribution in [0.1, 0.15) is 25.3 Å². The van der Waals surface area contributed by atoms with Gasteiger partial charge in [0.05, 0.1) is 0 Å². The molecule has 1 aromatic carbocycles. The molecule has 0 amide bonds. The zero-order valence-corrected chi connectivity index (χ0v) is 10.8. The van der Waals surface area contributed by atoms with Gasteiger partial charge in [0, 0.05) is 11.1 Å². The second kappa shape index (κ2) is 5.20. The molecule has 3 atom stereocenters. The Bertz CT molecular complexity index is 333. The molecule has 1 saturated carbocycles. The first-order chi connectivity index (χ1) is 7.70. The van der Waals surface area contributed by atoms with Gasteiger partial charge in [0.25, 0.3) is 0 Å². The Morgan fingerprint density at radius 2 is 1.94 bits per heavy atom. The Morgan fingerprint density at radius 1 is 1.25 bits per heavy atom. The molecule has 1 aliphatic carbocycles. The van der Waals surface area contributed by atoms with Crippen LogP contribution in [0.15, 0.2) is 24.3 Å². The van der Waals surface area contributed by atoms with Crippen molar-refractivity contribution < 1.29 is 0 Å². The molecule has 0 aliphatic heterocycles. The fourth-order valence-electron chi connectivity index (χ4n) is 2.87. The maximum Gasteiger partial charge on any atom is 0.0406 e. The molecule has 1 aliphatic rings. The molecule has 0 aromatic heterocycles. The largest absolute Gasteiger partial charge is 0.317 e. The zero-order chi connectivity index (χ0) is 11.5. The van der Waals surface area contributed by atoms with Crippen LogP contribution in [-0.2, 0) is 6.42 Å². The van der Waals surface area contributed by atoms with E-state index in [1.807, 2.05) is 12.1 Å². The molecule has 0 radical (unpaired) electrons. The first kappa shape index (κ1) is 11.9. The lowest BCUT2D eigenvalue weighted by Gasteiger charge is -2.20. The number of benzene rings is 1. The summed E-state index contributed by atoms with van der Waals surface area (Å²) in [5, 5.41) is 4.25. The number of rotatable bonds is 3. The molecular weight excluding hydrogens is 218 g/mol. The Hall–Kier alpha value is -0.530. The fourth-order valence-corrected chi connectivity index (χ4v) is 2.99. The third-order valence-electron chi connectivity index (χ3n) is 4.01. The normalized spacial score (nSPS) is 29.6. The molecule has 0 saturated heterocycles. The van der Waals surface area contributed by atoms with Crippen molar-refractivity contribution in [3.05, 3.63) is 34.9 Å². The quantitative estimate of drug-likeness (QED) is 0.848. The summed E-state index contributed by atoms with van der Waals surface area (Å²) in [4.78, 5) is 0. The minimum absolute atomic E-state index is 0.706. The van der Waals surface area contributed by atoms with Crippen molar-refractivity contribution in [3.8, 4) is 0 Å². The van der Waals surface area contributed by atoms with Crippen molar-refractivity contribution in [2.24, 2.45) is 11.8 Å². The van der Waals surface area contributed by atoms with E-state index in [2.05, 4.69) is 31.4 Å². The van der Waals surface area contributed by atoms with Gasteiger partial charge in [-0.3, -0.25) is 0 Å². The van der Waals surface area contributed by atoms with Crippen LogP contribution in [0.2, 0.25) is 5.02 Å². The maximum atomic E-state index is 5.89. The van der Waals surface area contributed by atoms with Crippen LogP contribution in [0.4, 0.5) is 0 Å². The number of nitrogens with one attached hydrogen (secondary N) is 1. The van der Waals surface area contributed by atoms with E-state index >= 15 is 0 Å². The molecule has 2 rings (SSSR count). The average Bonchev–Trinajstić information content (AvgIpc) is 2.63. The number of hydrogen-bond acceptors (Lipinski definition) is 1. The molecule has 0 heterocycles. The summed E-state index contributed by atoms with van der Waals surface area (Å²) in [6, 6.07) is 9.00. The topological polar surface area (TPSA) is 12.0 Å². The second-order valence-corrected chi connectivity index (χ2v) is 5.36. The lowest BCUT2D eigenvalue weighted by molar-refractivity contribution is 0.364. The van der Waals surface area contributed by atoms with E-state index in [1.54, 1.807) is 0 Å². The predicted molar refractivity (Wildman–Crippen MR) is 69.9 cm³/mol. The van der Waals surface area contributed by atoms with Crippen LogP contribution in [0, 0.1) is 11.8 Å². The standard InChI is InChI=1S/C14H20ClN/c1-10-12(5-8-14(10)16-2)9-11-3-6-13(15)7-4-11/h3-4,6-7,10,12,14,16H,5,8-9H2,1-2H3. The summed E-state index contributed by atoms with van der Waals surface area (Å²) in [7, 11) is 2.08. The van der Waals surface area contributed by atoms with Crippen molar-refractivity contribution in [1.29, 1.82) is 0 Å². The van der Waals surface area contributed by atoms with Gasteiger partial charge < -0.3 is 5.32 Å². The highest BCUT2D eigenvalue weighted by molar-refractivity contribution is 6.30. The SMILES string of the molecule is CNC1CCC(Cc2ccc(Cl)cc2)C1C. The lowest BCUT2D eigenvalue weighted by atomic mass is 9.90. The van der Waals surface area contributed by atoms with Crippen molar-refractivity contribution >= 4 is 11.6 Å². The molecule has 1 aromatic rings. The van der Waals surface area contributed by atoms with E-state index in [-0.39, 0.29) is 0 Å². The monoisotopic (exact) mass is 237 g/mol. The Kier molecular flexibility index (Phi) is 3.88. The summed E-state index contributed by atoms with van der Waals surface area (Å²) in [5.74, 6) is 1.60. The summed E-state index contributed by atoms with van der Waals surface area (Å²) in [6.45, 7) is 2.37. The van der Waals surface area contributed by atoms with Gasteiger partial charge in [-0.2, -0.15) is 0 Å². The highest BCUT2D eigenvalue weighted by atomic mass is 35.5. The van der Waals surface area contributed by atoms with Gasteiger partial charge >= 0.3 is 0 Å². The predicted octanol–water partition coefficient (Wildman–Crippen LogP) is 3.52. The van der Waals surface area contributed by atoms with Gasteiger partial charge in [0.15, 0.2) is 0 Å². The van der Waals surface area contributed by atoms with Crippen LogP contribution in [-0.4, -0.2) is 13.1 Å². The third kappa shape index (κ3) is 2.58. The highest BCUT2D eigenvalue weighted by Gasteiger charge is 2.31. The van der Waals surface area contributed by atoms with Gasteiger partial charge in [0.2, 0.25) is 0 Å². The molecule has 1 nitrogen and oxygen atoms in total. The number of halogens is 1. The molecule has 16 heavy (non-hydrogen) atoms. The minimum Gasteiger partial charge on any atom is -0.317 e. The summed E-state index contributed by atoms with van der Waals surface area (Å²) < 4.78 is 0. The van der Waals surface area contributed by atoms with Gasteiger partial charge in [-0.1, -0.05) is 30.7 Å². The smallest absolute Gasteiger partial charge is 0.0406 e. The molecule has 88 valence electrons. The Labute approximate surface area is 103 Å². The average molecular weight is 238 g/mol. The molecule has 3 unspecified atom stereocenters. The summed E-state index contributed by atoms with van der Waals surface area (Å²) in [6.07, 6.45) is 3.85. The summed E-state index contributed by atoms with van der Waals surface area (Å²) >= 11 is 5.89. The Morgan fingerprint density at radius 3 is 2.50 bits per heavy atom. The first-order valence-corrected chi connectivity index (χ1v) is 6.50. The van der Waals surface area contributed by atoms with E-state index in [0.717, 1.165) is 16.9 Å². The van der Waals surface area contributed by atoms with Gasteiger partial charge in [0.1, 0.15) is 0 Å². The van der Waals surface area contributed by atoms with Crippen molar-refractivity contribution in [2.75, 3.05) is 7.05 Å². The third-order valence-corrected chi connectivity index (χ3v) is 4.26. The summed E-state index contributed by atoms with van der Waals surface area (Å²) in [5.41, 5.74) is 1.41. The van der Waals surface area contributed by atoms with Gasteiger partial charge in [-0.05, 0) is 55.8 Å². The minimum atomic E-state index is 0.706. The van der Waals surface area contributed by atoms with Crippen molar-refractivity contribution in [2.45, 2.75) is 32.2 Å². The molecule has 0 bridgehead atoms. The fraction of sp³-hybridized carbons (Fsp3) is 0.571. The van der Waals surface area contributed by atoms with E-state index in [0.29, 0.717) is 6.04 Å². The molecule has 0 spiro atoms. The van der Waals surface area contributed by atoms with E-state index in [1.165, 1.54) is 24.8 Å². The maximum absolute atomic E-state index is 5.89. The Balaban J connectivity index is 1.98. The van der Waals surface area contributed by atoms with Gasteiger partial charge in [-0.25, -0.2) is 0 Å². The van der Waals surface area contributed by atoms with Crippen LogP contribution < -0.4 is 5.32 Å². The van der Waals surface area contributed by atoms with Crippen molar-refractivity contribution in [3.63, 3.8) is 0 Å². The second-order valence-electron chi connectivity index (χ2n) is 4.92. The van der Waals surface area contributed by atoms with Crippen LogP contribution in [0.5, 0.6) is 0 Å². The lowest BCUT2D eigenvalue weighted by Crippen LogP contribution is -2.29. The van der Waals surface area contributed by atoms with E-state index < -0.39 is 0 Å². The zero-order valence-electron chi connectivity index (χ0n) is 10.0. The molecule has 1 fully saturated rings. The molecule has 1 N–H and O–H groups in total. The highest BCUT2D eigenvalue weighted by Crippen LogP contribution is 2.34. The van der Waals surface area contributed by atoms with Crippen LogP contribution in [0.3, 0.4) is 0 Å². The molecular formula is C14H20ClN. The first-order valence-electron chi connectivity index (χ1n) is 6.12. The number of hydrogen-bond donors (Lipinski definition) is 1. The van der Waals surface area contributed by atoms with E-state index in [9.17, 15) is 0 Å².